The number of H-pyrrole nitrogens is 2. The maximum atomic E-state index is 12.4. The molecule has 1 aliphatic heterocycles. The molecule has 2 aromatic heterocycles. The third-order valence-corrected chi connectivity index (χ3v) is 4.63. The summed E-state index contributed by atoms with van der Waals surface area (Å²) in [5.74, 6) is 1.09. The maximum absolute atomic E-state index is 12.4. The number of benzene rings is 1. The van der Waals surface area contributed by atoms with Crippen LogP contribution in [0.5, 0.6) is 5.75 Å². The van der Waals surface area contributed by atoms with Crippen molar-refractivity contribution < 1.29 is 9.53 Å². The van der Waals surface area contributed by atoms with Gasteiger partial charge in [0.2, 0.25) is 0 Å². The molecule has 1 amide bonds. The van der Waals surface area contributed by atoms with E-state index in [1.165, 1.54) is 0 Å². The van der Waals surface area contributed by atoms with Crippen LogP contribution < -0.4 is 4.74 Å². The van der Waals surface area contributed by atoms with E-state index >= 15 is 0 Å². The normalized spacial score (nSPS) is 17.0. The van der Waals surface area contributed by atoms with Gasteiger partial charge in [0, 0.05) is 36.5 Å². The van der Waals surface area contributed by atoms with Crippen LogP contribution >= 0.6 is 0 Å². The Bertz CT molecular complexity index is 854. The molecule has 0 unspecified atom stereocenters. The molecule has 0 aliphatic carbocycles. The van der Waals surface area contributed by atoms with Crippen LogP contribution in [0, 0.1) is 0 Å². The van der Waals surface area contributed by atoms with Crippen molar-refractivity contribution in [1.82, 2.24) is 25.3 Å². The second-order valence-corrected chi connectivity index (χ2v) is 6.14. The second-order valence-electron chi connectivity index (χ2n) is 6.14. The lowest BCUT2D eigenvalue weighted by atomic mass is 10.0. The number of carbonyl (C=O) groups excluding carboxylic acids is 1. The predicted molar refractivity (Wildman–Crippen MR) is 92.4 cm³/mol. The Balaban J connectivity index is 1.46. The van der Waals surface area contributed by atoms with Gasteiger partial charge in [0.25, 0.3) is 5.91 Å². The summed E-state index contributed by atoms with van der Waals surface area (Å²) in [5, 5.41) is 14.1. The average Bonchev–Trinajstić information content (AvgIpc) is 3.42. The van der Waals surface area contributed by atoms with E-state index in [1.807, 2.05) is 29.2 Å². The third kappa shape index (κ3) is 3.00. The van der Waals surface area contributed by atoms with E-state index in [0.29, 0.717) is 12.2 Å². The fourth-order valence-corrected chi connectivity index (χ4v) is 3.20. The van der Waals surface area contributed by atoms with E-state index in [1.54, 1.807) is 19.4 Å². The molecule has 128 valence electrons. The summed E-state index contributed by atoms with van der Waals surface area (Å²) in [7, 11) is 1.65. The summed E-state index contributed by atoms with van der Waals surface area (Å²) >= 11 is 0. The minimum atomic E-state index is -0.00473. The van der Waals surface area contributed by atoms with Gasteiger partial charge in [-0.2, -0.15) is 10.2 Å². The largest absolute Gasteiger partial charge is 0.497 e. The van der Waals surface area contributed by atoms with Crippen molar-refractivity contribution in [2.24, 2.45) is 0 Å². The Kier molecular flexibility index (Phi) is 3.97. The number of hydrogen-bond acceptors (Lipinski definition) is 4. The zero-order chi connectivity index (χ0) is 17.2. The smallest absolute Gasteiger partial charge is 0.271 e. The Morgan fingerprint density at radius 3 is 2.80 bits per heavy atom. The first-order chi connectivity index (χ1) is 12.2. The Morgan fingerprint density at radius 2 is 2.08 bits per heavy atom. The molecular formula is C18H19N5O2. The van der Waals surface area contributed by atoms with Crippen LogP contribution in [0.2, 0.25) is 0 Å². The van der Waals surface area contributed by atoms with Gasteiger partial charge in [-0.05, 0) is 42.8 Å². The lowest BCUT2D eigenvalue weighted by Gasteiger charge is -2.14. The Hall–Kier alpha value is -3.09. The van der Waals surface area contributed by atoms with Gasteiger partial charge in [-0.3, -0.25) is 15.0 Å². The summed E-state index contributed by atoms with van der Waals surface area (Å²) < 4.78 is 5.18. The Morgan fingerprint density at radius 1 is 1.24 bits per heavy atom. The number of nitrogens with one attached hydrogen (secondary N) is 2. The molecule has 3 heterocycles. The minimum Gasteiger partial charge on any atom is -0.497 e. The highest BCUT2D eigenvalue weighted by atomic mass is 16.5. The molecule has 0 spiro atoms. The molecule has 0 saturated carbocycles. The summed E-state index contributed by atoms with van der Waals surface area (Å²) in [6.07, 6.45) is 2.51. The van der Waals surface area contributed by atoms with Crippen LogP contribution in [0.3, 0.4) is 0 Å². The molecule has 4 rings (SSSR count). The summed E-state index contributed by atoms with van der Waals surface area (Å²) in [4.78, 5) is 14.2. The Labute approximate surface area is 145 Å². The highest BCUT2D eigenvalue weighted by Crippen LogP contribution is 2.29. The molecule has 7 nitrogen and oxygen atoms in total. The fourth-order valence-electron chi connectivity index (χ4n) is 3.20. The number of aromatic amines is 2. The van der Waals surface area contributed by atoms with E-state index in [-0.39, 0.29) is 11.8 Å². The number of ether oxygens (including phenoxy) is 1. The standard InChI is InChI=1S/C18H19N5O2/c1-25-14-4-2-12(3-5-14)16-10-17(22-21-16)13-7-9-23(11-13)18(24)15-6-8-19-20-15/h2-6,8,10,13H,7,9,11H2,1H3,(H,19,20)(H,21,22)/t13-/m1/s1. The number of nitrogens with zero attached hydrogens (tertiary/aromatic N) is 3. The minimum absolute atomic E-state index is 0.00473. The monoisotopic (exact) mass is 337 g/mol. The topological polar surface area (TPSA) is 86.9 Å². The van der Waals surface area contributed by atoms with Crippen molar-refractivity contribution in [1.29, 1.82) is 0 Å². The number of aromatic nitrogens is 4. The van der Waals surface area contributed by atoms with Crippen LogP contribution in [0.15, 0.2) is 42.6 Å². The van der Waals surface area contributed by atoms with Crippen LogP contribution in [-0.2, 0) is 0 Å². The molecule has 1 fully saturated rings. The predicted octanol–water partition coefficient (Wildman–Crippen LogP) is 2.44. The zero-order valence-corrected chi connectivity index (χ0v) is 13.9. The van der Waals surface area contributed by atoms with Gasteiger partial charge in [0.05, 0.1) is 12.8 Å². The average molecular weight is 337 g/mol. The lowest BCUT2D eigenvalue weighted by molar-refractivity contribution is 0.0785. The summed E-state index contributed by atoms with van der Waals surface area (Å²) in [5.41, 5.74) is 3.53. The highest BCUT2D eigenvalue weighted by molar-refractivity contribution is 5.92. The van der Waals surface area contributed by atoms with Crippen molar-refractivity contribution in [3.05, 3.63) is 54.0 Å². The molecular weight excluding hydrogens is 318 g/mol. The van der Waals surface area contributed by atoms with Gasteiger partial charge in [-0.25, -0.2) is 0 Å². The van der Waals surface area contributed by atoms with Crippen LogP contribution in [0.1, 0.15) is 28.5 Å². The highest BCUT2D eigenvalue weighted by Gasteiger charge is 2.29. The molecule has 25 heavy (non-hydrogen) atoms. The molecule has 1 saturated heterocycles. The molecule has 0 bridgehead atoms. The van der Waals surface area contributed by atoms with E-state index in [2.05, 4.69) is 26.5 Å². The molecule has 1 aliphatic rings. The van der Waals surface area contributed by atoms with E-state index in [9.17, 15) is 4.79 Å². The van der Waals surface area contributed by atoms with Crippen LogP contribution in [0.4, 0.5) is 0 Å². The second kappa shape index (κ2) is 6.43. The van der Waals surface area contributed by atoms with Gasteiger partial charge in [-0.15, -0.1) is 0 Å². The molecule has 3 aromatic rings. The zero-order valence-electron chi connectivity index (χ0n) is 13.9. The SMILES string of the molecule is COc1ccc(-c2cc([C@@H]3CCN(C(=O)c4ccn[nH]4)C3)[nH]n2)cc1. The molecule has 1 atom stereocenters. The van der Waals surface area contributed by atoms with Crippen LogP contribution in [0.25, 0.3) is 11.3 Å². The van der Waals surface area contributed by atoms with Crippen LogP contribution in [-0.4, -0.2) is 51.4 Å². The molecule has 1 aromatic carbocycles. The van der Waals surface area contributed by atoms with Crippen molar-refractivity contribution in [3.8, 4) is 17.0 Å². The van der Waals surface area contributed by atoms with Gasteiger partial charge >= 0.3 is 0 Å². The fraction of sp³-hybridized carbons (Fsp3) is 0.278. The first-order valence-electron chi connectivity index (χ1n) is 8.23. The molecule has 2 N–H and O–H groups in total. The van der Waals surface area contributed by atoms with Gasteiger partial charge in [0.1, 0.15) is 11.4 Å². The first-order valence-corrected chi connectivity index (χ1v) is 8.23. The lowest BCUT2D eigenvalue weighted by Crippen LogP contribution is -2.28. The van der Waals surface area contributed by atoms with Crippen molar-refractivity contribution >= 4 is 5.91 Å². The van der Waals surface area contributed by atoms with E-state index < -0.39 is 0 Å². The summed E-state index contributed by atoms with van der Waals surface area (Å²) in [6, 6.07) is 11.6. The van der Waals surface area contributed by atoms with Gasteiger partial charge in [-0.1, -0.05) is 0 Å². The number of amides is 1. The number of likely N-dealkylation sites (tertiary alicyclic amines) is 1. The quantitative estimate of drug-likeness (QED) is 0.765. The van der Waals surface area contributed by atoms with Crippen molar-refractivity contribution in [2.45, 2.75) is 12.3 Å². The third-order valence-electron chi connectivity index (χ3n) is 4.63. The van der Waals surface area contributed by atoms with Gasteiger partial charge in [0.15, 0.2) is 0 Å². The number of methoxy groups -OCH3 is 1. The molecule has 0 radical (unpaired) electrons. The van der Waals surface area contributed by atoms with Crippen molar-refractivity contribution in [2.75, 3.05) is 20.2 Å². The van der Waals surface area contributed by atoms with E-state index in [4.69, 9.17) is 4.74 Å². The van der Waals surface area contributed by atoms with Crippen molar-refractivity contribution in [3.63, 3.8) is 0 Å². The number of hydrogen-bond donors (Lipinski definition) is 2. The maximum Gasteiger partial charge on any atom is 0.271 e. The van der Waals surface area contributed by atoms with Gasteiger partial charge < -0.3 is 9.64 Å². The van der Waals surface area contributed by atoms with E-state index in [0.717, 1.165) is 35.7 Å². The molecule has 7 heteroatoms. The number of rotatable bonds is 4. The number of carbonyl (C=O) groups is 1. The summed E-state index contributed by atoms with van der Waals surface area (Å²) in [6.45, 7) is 1.42. The first kappa shape index (κ1) is 15.4.